The number of carbonyl (C=O) groups is 1. The normalized spacial score (nSPS) is 11.0. The standard InChI is InChI=1S/C18H22N4O/c1-21(13-15-10-11-22(2)20-15)18(23)9-5-6-14-12-19-17-8-4-3-7-16(14)17/h3-4,7-8,10-12,19H,5-6,9,13H2,1-2H3. The van der Waals surface area contributed by atoms with Crippen LogP contribution in [0, 0.1) is 0 Å². The number of benzene rings is 1. The fraction of sp³-hybridized carbons (Fsp3) is 0.333. The van der Waals surface area contributed by atoms with Gasteiger partial charge < -0.3 is 9.88 Å². The molecule has 0 aliphatic rings. The third kappa shape index (κ3) is 3.62. The smallest absolute Gasteiger partial charge is 0.222 e. The molecule has 0 bridgehead atoms. The van der Waals surface area contributed by atoms with Crippen LogP contribution >= 0.6 is 0 Å². The van der Waals surface area contributed by atoms with Crippen LogP contribution in [0.25, 0.3) is 10.9 Å². The summed E-state index contributed by atoms with van der Waals surface area (Å²) >= 11 is 0. The molecular formula is C18H22N4O. The maximum absolute atomic E-state index is 12.2. The lowest BCUT2D eigenvalue weighted by molar-refractivity contribution is -0.130. The van der Waals surface area contributed by atoms with Crippen LogP contribution in [0.1, 0.15) is 24.1 Å². The molecule has 0 saturated heterocycles. The number of hydrogen-bond donors (Lipinski definition) is 1. The summed E-state index contributed by atoms with van der Waals surface area (Å²) in [7, 11) is 3.72. The van der Waals surface area contributed by atoms with Gasteiger partial charge in [0.25, 0.3) is 0 Å². The van der Waals surface area contributed by atoms with E-state index in [4.69, 9.17) is 0 Å². The molecule has 2 aromatic heterocycles. The summed E-state index contributed by atoms with van der Waals surface area (Å²) in [5, 5.41) is 5.56. The van der Waals surface area contributed by atoms with E-state index < -0.39 is 0 Å². The van der Waals surface area contributed by atoms with Crippen molar-refractivity contribution < 1.29 is 4.79 Å². The zero-order valence-corrected chi connectivity index (χ0v) is 13.6. The molecule has 0 saturated carbocycles. The number of nitrogens with one attached hydrogen (secondary N) is 1. The first-order chi connectivity index (χ1) is 11.1. The van der Waals surface area contributed by atoms with E-state index >= 15 is 0 Å². The van der Waals surface area contributed by atoms with Crippen LogP contribution in [-0.2, 0) is 24.8 Å². The largest absolute Gasteiger partial charge is 0.361 e. The average Bonchev–Trinajstić information content (AvgIpc) is 3.14. The van der Waals surface area contributed by atoms with Crippen LogP contribution in [-0.4, -0.2) is 32.6 Å². The second-order valence-corrected chi connectivity index (χ2v) is 5.94. The number of para-hydroxylation sites is 1. The van der Waals surface area contributed by atoms with Crippen LogP contribution in [0.15, 0.2) is 42.7 Å². The van der Waals surface area contributed by atoms with E-state index in [0.29, 0.717) is 13.0 Å². The second-order valence-electron chi connectivity index (χ2n) is 5.94. The monoisotopic (exact) mass is 310 g/mol. The lowest BCUT2D eigenvalue weighted by Gasteiger charge is -2.15. The van der Waals surface area contributed by atoms with Crippen LogP contribution in [0.2, 0.25) is 0 Å². The molecule has 3 rings (SSSR count). The highest BCUT2D eigenvalue weighted by atomic mass is 16.2. The summed E-state index contributed by atoms with van der Waals surface area (Å²) in [5.41, 5.74) is 3.35. The number of carbonyl (C=O) groups excluding carboxylic acids is 1. The fourth-order valence-electron chi connectivity index (χ4n) is 2.84. The van der Waals surface area contributed by atoms with Crippen molar-refractivity contribution in [2.45, 2.75) is 25.8 Å². The molecule has 5 heteroatoms. The second kappa shape index (κ2) is 6.69. The Bertz CT molecular complexity index is 802. The van der Waals surface area contributed by atoms with Gasteiger partial charge in [0, 0.05) is 43.8 Å². The SMILES string of the molecule is CN(Cc1ccn(C)n1)C(=O)CCCc1c[nH]c2ccccc12. The average molecular weight is 310 g/mol. The maximum Gasteiger partial charge on any atom is 0.222 e. The van der Waals surface area contributed by atoms with E-state index in [9.17, 15) is 4.79 Å². The van der Waals surface area contributed by atoms with Gasteiger partial charge in [-0.05, 0) is 30.5 Å². The molecule has 120 valence electrons. The molecule has 3 aromatic rings. The van der Waals surface area contributed by atoms with E-state index in [1.807, 2.05) is 44.7 Å². The van der Waals surface area contributed by atoms with Crippen LogP contribution < -0.4 is 0 Å². The van der Waals surface area contributed by atoms with Crippen LogP contribution in [0.4, 0.5) is 0 Å². The number of aromatic nitrogens is 3. The Kier molecular flexibility index (Phi) is 4.46. The Morgan fingerprint density at radius 1 is 1.30 bits per heavy atom. The van der Waals surface area contributed by atoms with E-state index in [-0.39, 0.29) is 5.91 Å². The summed E-state index contributed by atoms with van der Waals surface area (Å²) in [6, 6.07) is 10.2. The zero-order valence-electron chi connectivity index (χ0n) is 13.6. The summed E-state index contributed by atoms with van der Waals surface area (Å²) in [6.45, 7) is 0.562. The molecule has 2 heterocycles. The van der Waals surface area contributed by atoms with Gasteiger partial charge in [0.2, 0.25) is 5.91 Å². The molecular weight excluding hydrogens is 288 g/mol. The van der Waals surface area contributed by atoms with E-state index in [2.05, 4.69) is 22.2 Å². The molecule has 0 aliphatic carbocycles. The van der Waals surface area contributed by atoms with E-state index in [0.717, 1.165) is 24.1 Å². The Hall–Kier alpha value is -2.56. The molecule has 1 amide bonds. The number of H-pyrrole nitrogens is 1. The first kappa shape index (κ1) is 15.3. The third-order valence-corrected chi connectivity index (χ3v) is 4.11. The Morgan fingerprint density at radius 2 is 2.13 bits per heavy atom. The molecule has 0 radical (unpaired) electrons. The van der Waals surface area contributed by atoms with Gasteiger partial charge >= 0.3 is 0 Å². The zero-order chi connectivity index (χ0) is 16.2. The van der Waals surface area contributed by atoms with Crippen LogP contribution in [0.3, 0.4) is 0 Å². The minimum atomic E-state index is 0.162. The number of aryl methyl sites for hydroxylation is 2. The minimum Gasteiger partial charge on any atom is -0.361 e. The minimum absolute atomic E-state index is 0.162. The quantitative estimate of drug-likeness (QED) is 0.761. The van der Waals surface area contributed by atoms with Crippen molar-refractivity contribution in [2.75, 3.05) is 7.05 Å². The third-order valence-electron chi connectivity index (χ3n) is 4.11. The van der Waals surface area contributed by atoms with E-state index in [1.165, 1.54) is 10.9 Å². The van der Waals surface area contributed by atoms with Crippen molar-refractivity contribution in [3.05, 3.63) is 54.0 Å². The first-order valence-electron chi connectivity index (χ1n) is 7.91. The van der Waals surface area contributed by atoms with Crippen molar-refractivity contribution in [3.8, 4) is 0 Å². The molecule has 0 fully saturated rings. The van der Waals surface area contributed by atoms with Gasteiger partial charge in [-0.1, -0.05) is 18.2 Å². The number of fused-ring (bicyclic) bond motifs is 1. The highest BCUT2D eigenvalue weighted by Crippen LogP contribution is 2.19. The summed E-state index contributed by atoms with van der Waals surface area (Å²) < 4.78 is 1.75. The lowest BCUT2D eigenvalue weighted by atomic mass is 10.1. The number of hydrogen-bond acceptors (Lipinski definition) is 2. The van der Waals surface area contributed by atoms with Crippen molar-refractivity contribution in [1.82, 2.24) is 19.7 Å². The Morgan fingerprint density at radius 3 is 2.91 bits per heavy atom. The molecule has 1 N–H and O–H groups in total. The maximum atomic E-state index is 12.2. The molecule has 0 atom stereocenters. The van der Waals surface area contributed by atoms with Gasteiger partial charge in [-0.15, -0.1) is 0 Å². The summed E-state index contributed by atoms with van der Waals surface area (Å²) in [5.74, 6) is 0.162. The van der Waals surface area contributed by atoms with Gasteiger partial charge in [-0.3, -0.25) is 9.48 Å². The van der Waals surface area contributed by atoms with Gasteiger partial charge in [-0.25, -0.2) is 0 Å². The topological polar surface area (TPSA) is 53.9 Å². The fourth-order valence-corrected chi connectivity index (χ4v) is 2.84. The Balaban J connectivity index is 1.50. The van der Waals surface area contributed by atoms with Gasteiger partial charge in [0.05, 0.1) is 12.2 Å². The van der Waals surface area contributed by atoms with Gasteiger partial charge in [0.1, 0.15) is 0 Å². The van der Waals surface area contributed by atoms with E-state index in [1.54, 1.807) is 9.58 Å². The lowest BCUT2D eigenvalue weighted by Crippen LogP contribution is -2.26. The van der Waals surface area contributed by atoms with Crippen molar-refractivity contribution in [2.24, 2.45) is 7.05 Å². The predicted octanol–water partition coefficient (Wildman–Crippen LogP) is 2.88. The van der Waals surface area contributed by atoms with Gasteiger partial charge in [-0.2, -0.15) is 5.10 Å². The number of rotatable bonds is 6. The van der Waals surface area contributed by atoms with Crippen LogP contribution in [0.5, 0.6) is 0 Å². The number of amides is 1. The molecule has 0 aliphatic heterocycles. The number of nitrogens with zero attached hydrogens (tertiary/aromatic N) is 3. The van der Waals surface area contributed by atoms with Gasteiger partial charge in [0.15, 0.2) is 0 Å². The van der Waals surface area contributed by atoms with Crippen molar-refractivity contribution in [3.63, 3.8) is 0 Å². The molecule has 0 spiro atoms. The molecule has 1 aromatic carbocycles. The molecule has 0 unspecified atom stereocenters. The molecule has 23 heavy (non-hydrogen) atoms. The highest BCUT2D eigenvalue weighted by Gasteiger charge is 2.11. The van der Waals surface area contributed by atoms with Crippen molar-refractivity contribution >= 4 is 16.8 Å². The van der Waals surface area contributed by atoms with Crippen molar-refractivity contribution in [1.29, 1.82) is 0 Å². The summed E-state index contributed by atoms with van der Waals surface area (Å²) in [6.07, 6.45) is 6.26. The first-order valence-corrected chi connectivity index (χ1v) is 7.91. The Labute approximate surface area is 135 Å². The molecule has 5 nitrogen and oxygen atoms in total. The summed E-state index contributed by atoms with van der Waals surface area (Å²) in [4.78, 5) is 17.3. The predicted molar refractivity (Wildman–Crippen MR) is 90.9 cm³/mol. The number of aromatic amines is 1. The highest BCUT2D eigenvalue weighted by molar-refractivity contribution is 5.83.